The van der Waals surface area contributed by atoms with Gasteiger partial charge in [-0.2, -0.15) is 0 Å². The van der Waals surface area contributed by atoms with Crippen LogP contribution < -0.4 is 4.74 Å². The predicted molar refractivity (Wildman–Crippen MR) is 146 cm³/mol. The van der Waals surface area contributed by atoms with Crippen molar-refractivity contribution in [3.63, 3.8) is 0 Å². The molecule has 0 aromatic heterocycles. The summed E-state index contributed by atoms with van der Waals surface area (Å²) in [5.41, 5.74) is 1.78. The Morgan fingerprint density at radius 3 is 2.14 bits per heavy atom. The smallest absolute Gasteiger partial charge is 0.410 e. The highest BCUT2D eigenvalue weighted by molar-refractivity contribution is 5.73. The fourth-order valence-corrected chi connectivity index (χ4v) is 4.77. The molecule has 202 valence electrons. The molecule has 1 aliphatic heterocycles. The van der Waals surface area contributed by atoms with Crippen molar-refractivity contribution in [2.45, 2.75) is 71.3 Å². The molecule has 1 fully saturated rings. The number of hydrogen-bond donors (Lipinski definition) is 0. The van der Waals surface area contributed by atoms with Crippen LogP contribution in [0.4, 0.5) is 4.79 Å². The first-order chi connectivity index (χ1) is 17.7. The van der Waals surface area contributed by atoms with Crippen molar-refractivity contribution in [1.29, 1.82) is 0 Å². The molecule has 1 saturated heterocycles. The van der Waals surface area contributed by atoms with Gasteiger partial charge in [0.05, 0.1) is 19.6 Å². The van der Waals surface area contributed by atoms with E-state index in [2.05, 4.69) is 0 Å². The highest BCUT2D eigenvalue weighted by Gasteiger charge is 2.26. The van der Waals surface area contributed by atoms with E-state index in [9.17, 15) is 9.59 Å². The Labute approximate surface area is 222 Å². The van der Waals surface area contributed by atoms with E-state index in [1.54, 1.807) is 0 Å². The molecule has 37 heavy (non-hydrogen) atoms. The van der Waals surface area contributed by atoms with E-state index in [0.717, 1.165) is 55.6 Å². The van der Waals surface area contributed by atoms with Crippen LogP contribution in [0.1, 0.15) is 64.0 Å². The number of piperidine rings is 1. The highest BCUT2D eigenvalue weighted by Crippen LogP contribution is 2.24. The van der Waals surface area contributed by atoms with Gasteiger partial charge in [0, 0.05) is 13.1 Å². The minimum Gasteiger partial charge on any atom is -0.494 e. The number of methoxy groups -OCH3 is 1. The molecule has 0 saturated carbocycles. The summed E-state index contributed by atoms with van der Waals surface area (Å²) >= 11 is 0. The first-order valence-electron chi connectivity index (χ1n) is 13.5. The second-order valence-corrected chi connectivity index (χ2v) is 11.0. The lowest BCUT2D eigenvalue weighted by atomic mass is 9.92. The number of hydrogen-bond acceptors (Lipinski definition) is 5. The van der Waals surface area contributed by atoms with Crippen LogP contribution >= 0.6 is 0 Å². The predicted octanol–water partition coefficient (Wildman–Crippen LogP) is 6.46. The second kappa shape index (κ2) is 14.1. The van der Waals surface area contributed by atoms with Gasteiger partial charge in [-0.05, 0) is 88.5 Å². The fraction of sp³-hybridized carbons (Fsp3) is 0.548. The number of amides is 1. The zero-order chi connectivity index (χ0) is 26.7. The summed E-state index contributed by atoms with van der Waals surface area (Å²) in [4.78, 5) is 26.4. The number of ether oxygens (including phenoxy) is 3. The average Bonchev–Trinajstić information content (AvgIpc) is 2.88. The van der Waals surface area contributed by atoms with Crippen LogP contribution in [-0.2, 0) is 27.1 Å². The quantitative estimate of drug-likeness (QED) is 0.257. The van der Waals surface area contributed by atoms with E-state index in [1.807, 2.05) is 80.3 Å². The molecule has 0 radical (unpaired) electrons. The van der Waals surface area contributed by atoms with Crippen LogP contribution in [0.2, 0.25) is 0 Å². The topological polar surface area (TPSA) is 65.1 Å². The molecular formula is C31H43NO5. The number of carbonyl (C=O) groups excluding carboxylic acids is 2. The molecule has 0 spiro atoms. The van der Waals surface area contributed by atoms with Crippen molar-refractivity contribution in [2.75, 3.05) is 26.8 Å². The summed E-state index contributed by atoms with van der Waals surface area (Å²) in [6, 6.07) is 18.1. The highest BCUT2D eigenvalue weighted by atomic mass is 16.6. The van der Waals surface area contributed by atoms with Gasteiger partial charge in [0.2, 0.25) is 0 Å². The van der Waals surface area contributed by atoms with E-state index < -0.39 is 5.60 Å². The summed E-state index contributed by atoms with van der Waals surface area (Å²) < 4.78 is 16.5. The Balaban J connectivity index is 1.34. The largest absolute Gasteiger partial charge is 0.494 e. The number of carbonyl (C=O) groups is 2. The monoisotopic (exact) mass is 509 g/mol. The third kappa shape index (κ3) is 10.1. The van der Waals surface area contributed by atoms with Crippen molar-refractivity contribution in [1.82, 2.24) is 4.90 Å². The van der Waals surface area contributed by atoms with Crippen molar-refractivity contribution in [3.05, 3.63) is 65.7 Å². The van der Waals surface area contributed by atoms with E-state index in [1.165, 1.54) is 13.5 Å². The fourth-order valence-electron chi connectivity index (χ4n) is 4.77. The summed E-state index contributed by atoms with van der Waals surface area (Å²) in [6.45, 7) is 7.97. The molecule has 1 unspecified atom stereocenters. The maximum Gasteiger partial charge on any atom is 0.410 e. The van der Waals surface area contributed by atoms with Crippen molar-refractivity contribution in [2.24, 2.45) is 11.8 Å². The molecule has 1 amide bonds. The lowest BCUT2D eigenvalue weighted by Crippen LogP contribution is -2.41. The van der Waals surface area contributed by atoms with Gasteiger partial charge in [0.15, 0.2) is 0 Å². The SMILES string of the molecule is COC(=O)C(Cc1ccccc1)Cc1ccc(OCCCCC2CCN(C(=O)OC(C)(C)C)CC2)cc1. The van der Waals surface area contributed by atoms with Crippen LogP contribution in [0.5, 0.6) is 5.75 Å². The summed E-state index contributed by atoms with van der Waals surface area (Å²) in [6.07, 6.45) is 6.48. The van der Waals surface area contributed by atoms with Gasteiger partial charge >= 0.3 is 12.1 Å². The van der Waals surface area contributed by atoms with Crippen molar-refractivity contribution >= 4 is 12.1 Å². The summed E-state index contributed by atoms with van der Waals surface area (Å²) in [7, 11) is 1.45. The molecule has 1 heterocycles. The van der Waals surface area contributed by atoms with Crippen LogP contribution in [0.25, 0.3) is 0 Å². The third-order valence-corrected chi connectivity index (χ3v) is 6.81. The van der Waals surface area contributed by atoms with Gasteiger partial charge < -0.3 is 19.1 Å². The van der Waals surface area contributed by atoms with Gasteiger partial charge in [-0.3, -0.25) is 4.79 Å². The summed E-state index contributed by atoms with van der Waals surface area (Å²) in [5, 5.41) is 0. The van der Waals surface area contributed by atoms with Crippen LogP contribution in [0.15, 0.2) is 54.6 Å². The number of unbranched alkanes of at least 4 members (excludes halogenated alkanes) is 1. The lowest BCUT2D eigenvalue weighted by molar-refractivity contribution is -0.145. The van der Waals surface area contributed by atoms with E-state index in [4.69, 9.17) is 14.2 Å². The number of likely N-dealkylation sites (tertiary alicyclic amines) is 1. The zero-order valence-electron chi connectivity index (χ0n) is 22.9. The molecule has 2 aromatic rings. The zero-order valence-corrected chi connectivity index (χ0v) is 22.9. The molecule has 0 N–H and O–H groups in total. The molecule has 6 nitrogen and oxygen atoms in total. The Morgan fingerprint density at radius 1 is 0.919 bits per heavy atom. The van der Waals surface area contributed by atoms with Gasteiger partial charge in [-0.1, -0.05) is 48.9 Å². The number of benzene rings is 2. The van der Waals surface area contributed by atoms with Crippen LogP contribution in [0, 0.1) is 11.8 Å². The normalized spacial score (nSPS) is 15.2. The standard InChI is InChI=1S/C31H43NO5/c1-31(2,3)37-30(34)32-19-17-24(18-20-32)10-8-9-21-36-28-15-13-26(14-16-28)23-27(29(33)35-4)22-25-11-6-5-7-12-25/h5-7,11-16,24,27H,8-10,17-23H2,1-4H3. The van der Waals surface area contributed by atoms with Gasteiger partial charge in [-0.25, -0.2) is 4.79 Å². The number of rotatable bonds is 11. The Bertz CT molecular complexity index is 959. The van der Waals surface area contributed by atoms with Crippen molar-refractivity contribution < 1.29 is 23.8 Å². The van der Waals surface area contributed by atoms with Crippen LogP contribution in [0.3, 0.4) is 0 Å². The average molecular weight is 510 g/mol. The Morgan fingerprint density at radius 2 is 1.54 bits per heavy atom. The third-order valence-electron chi connectivity index (χ3n) is 6.81. The minimum atomic E-state index is -0.442. The van der Waals surface area contributed by atoms with Gasteiger partial charge in [0.25, 0.3) is 0 Å². The molecule has 0 aliphatic carbocycles. The van der Waals surface area contributed by atoms with Gasteiger partial charge in [0.1, 0.15) is 11.4 Å². The molecule has 2 aromatic carbocycles. The molecule has 1 atom stereocenters. The molecule has 3 rings (SSSR count). The second-order valence-electron chi connectivity index (χ2n) is 11.0. The first-order valence-corrected chi connectivity index (χ1v) is 13.5. The van der Waals surface area contributed by atoms with Crippen LogP contribution in [-0.4, -0.2) is 49.4 Å². The lowest BCUT2D eigenvalue weighted by Gasteiger charge is -2.33. The van der Waals surface area contributed by atoms with E-state index in [-0.39, 0.29) is 18.0 Å². The molecular weight excluding hydrogens is 466 g/mol. The van der Waals surface area contributed by atoms with Gasteiger partial charge in [-0.15, -0.1) is 0 Å². The maximum absolute atomic E-state index is 12.3. The van der Waals surface area contributed by atoms with Crippen molar-refractivity contribution in [3.8, 4) is 5.75 Å². The Kier molecular flexibility index (Phi) is 10.8. The van der Waals surface area contributed by atoms with E-state index >= 15 is 0 Å². The molecule has 1 aliphatic rings. The number of esters is 1. The minimum absolute atomic E-state index is 0.181. The first kappa shape index (κ1) is 28.5. The maximum atomic E-state index is 12.3. The molecule has 6 heteroatoms. The van der Waals surface area contributed by atoms with E-state index in [0.29, 0.717) is 25.4 Å². The number of nitrogens with zero attached hydrogens (tertiary/aromatic N) is 1. The molecule has 0 bridgehead atoms. The Hall–Kier alpha value is -3.02. The summed E-state index contributed by atoms with van der Waals surface area (Å²) in [5.74, 6) is 1.12.